The van der Waals surface area contributed by atoms with Crippen molar-refractivity contribution in [3.63, 3.8) is 0 Å². The summed E-state index contributed by atoms with van der Waals surface area (Å²) in [4.78, 5) is 20.6. The largest absolute Gasteiger partial charge is 0.477 e. The van der Waals surface area contributed by atoms with Gasteiger partial charge in [0.1, 0.15) is 5.02 Å². The molecule has 0 aliphatic carbocycles. The van der Waals surface area contributed by atoms with Crippen LogP contribution in [0.3, 0.4) is 0 Å². The number of hydrogen-bond donors (Lipinski definition) is 1. The molecule has 0 radical (unpaired) electrons. The molecule has 0 aromatic carbocycles. The first-order chi connectivity index (χ1) is 8.72. The van der Waals surface area contributed by atoms with Crippen LogP contribution in [0, 0.1) is 0 Å². The molecule has 1 aliphatic rings. The highest BCUT2D eigenvalue weighted by Crippen LogP contribution is 2.22. The Kier molecular flexibility index (Phi) is 4.19. The molecule has 1 aliphatic heterocycles. The first-order valence-electron chi connectivity index (χ1n) is 5.84. The van der Waals surface area contributed by atoms with E-state index in [1.807, 2.05) is 6.92 Å². The zero-order valence-electron chi connectivity index (χ0n) is 10.1. The minimum absolute atomic E-state index is 0.172. The molecule has 1 unspecified atom stereocenters. The van der Waals surface area contributed by atoms with Crippen LogP contribution in [0.4, 0.5) is 5.95 Å². The van der Waals surface area contributed by atoms with Crippen molar-refractivity contribution in [1.29, 1.82) is 0 Å². The van der Waals surface area contributed by atoms with Crippen molar-refractivity contribution in [2.24, 2.45) is 0 Å². The van der Waals surface area contributed by atoms with Crippen LogP contribution in [-0.4, -0.2) is 47.0 Å². The molecule has 1 aromatic rings. The molecule has 98 valence electrons. The van der Waals surface area contributed by atoms with E-state index >= 15 is 0 Å². The Morgan fingerprint density at radius 1 is 1.72 bits per heavy atom. The standard InChI is InChI=1S/C11H15ClN4O2/c1-2-18-10-9(12)5-13-11(15-10)14-8-3-4-16(6-8)7-17/h5,7-8H,2-4,6H2,1H3,(H,13,14,15). The van der Waals surface area contributed by atoms with Crippen molar-refractivity contribution >= 4 is 24.0 Å². The van der Waals surface area contributed by atoms with E-state index < -0.39 is 0 Å². The molecule has 18 heavy (non-hydrogen) atoms. The summed E-state index contributed by atoms with van der Waals surface area (Å²) in [5.41, 5.74) is 0. The fourth-order valence-corrected chi connectivity index (χ4v) is 1.99. The van der Waals surface area contributed by atoms with Crippen molar-refractivity contribution in [2.75, 3.05) is 25.0 Å². The van der Waals surface area contributed by atoms with E-state index in [4.69, 9.17) is 16.3 Å². The van der Waals surface area contributed by atoms with Crippen LogP contribution in [0.1, 0.15) is 13.3 Å². The summed E-state index contributed by atoms with van der Waals surface area (Å²) >= 11 is 5.90. The van der Waals surface area contributed by atoms with Gasteiger partial charge in [-0.2, -0.15) is 4.98 Å². The van der Waals surface area contributed by atoms with Gasteiger partial charge < -0.3 is 15.0 Å². The van der Waals surface area contributed by atoms with Crippen LogP contribution in [-0.2, 0) is 4.79 Å². The number of hydrogen-bond acceptors (Lipinski definition) is 5. The number of amides is 1. The first-order valence-corrected chi connectivity index (χ1v) is 6.22. The van der Waals surface area contributed by atoms with Crippen molar-refractivity contribution < 1.29 is 9.53 Å². The lowest BCUT2D eigenvalue weighted by atomic mass is 10.3. The summed E-state index contributed by atoms with van der Waals surface area (Å²) in [7, 11) is 0. The highest BCUT2D eigenvalue weighted by atomic mass is 35.5. The third-order valence-corrected chi connectivity index (χ3v) is 2.95. The third kappa shape index (κ3) is 3.01. The maximum absolute atomic E-state index is 10.6. The number of nitrogens with zero attached hydrogens (tertiary/aromatic N) is 3. The number of halogens is 1. The summed E-state index contributed by atoms with van der Waals surface area (Å²) in [5.74, 6) is 0.850. The monoisotopic (exact) mass is 270 g/mol. The molecule has 0 saturated carbocycles. The van der Waals surface area contributed by atoms with E-state index in [-0.39, 0.29) is 6.04 Å². The minimum atomic E-state index is 0.172. The Morgan fingerprint density at radius 3 is 3.22 bits per heavy atom. The number of aromatic nitrogens is 2. The average molecular weight is 271 g/mol. The van der Waals surface area contributed by atoms with Gasteiger partial charge in [0.25, 0.3) is 0 Å². The van der Waals surface area contributed by atoms with Crippen LogP contribution in [0.5, 0.6) is 5.88 Å². The SMILES string of the molecule is CCOc1nc(NC2CCN(C=O)C2)ncc1Cl. The van der Waals surface area contributed by atoms with Gasteiger partial charge in [-0.3, -0.25) is 4.79 Å². The molecule has 7 heteroatoms. The predicted molar refractivity (Wildman–Crippen MR) is 67.9 cm³/mol. The predicted octanol–water partition coefficient (Wildman–Crippen LogP) is 1.17. The summed E-state index contributed by atoms with van der Waals surface area (Å²) in [5, 5.41) is 3.56. The second kappa shape index (κ2) is 5.86. The van der Waals surface area contributed by atoms with Gasteiger partial charge in [-0.25, -0.2) is 4.98 Å². The van der Waals surface area contributed by atoms with Gasteiger partial charge in [-0.15, -0.1) is 0 Å². The molecule has 0 bridgehead atoms. The van der Waals surface area contributed by atoms with Gasteiger partial charge in [-0.05, 0) is 13.3 Å². The van der Waals surface area contributed by atoms with Crippen LogP contribution < -0.4 is 10.1 Å². The molecule has 2 heterocycles. The Labute approximate surface area is 110 Å². The molecule has 1 amide bonds. The lowest BCUT2D eigenvalue weighted by Crippen LogP contribution is -2.26. The smallest absolute Gasteiger partial charge is 0.237 e. The summed E-state index contributed by atoms with van der Waals surface area (Å²) in [6.07, 6.45) is 3.25. The fourth-order valence-electron chi connectivity index (χ4n) is 1.84. The van der Waals surface area contributed by atoms with Crippen molar-refractivity contribution in [2.45, 2.75) is 19.4 Å². The van der Waals surface area contributed by atoms with Crippen LogP contribution in [0.2, 0.25) is 5.02 Å². The Balaban J connectivity index is 2.01. The average Bonchev–Trinajstić information content (AvgIpc) is 2.81. The van der Waals surface area contributed by atoms with Crippen LogP contribution in [0.15, 0.2) is 6.20 Å². The summed E-state index contributed by atoms with van der Waals surface area (Å²) in [6, 6.07) is 0.172. The van der Waals surface area contributed by atoms with Crippen LogP contribution >= 0.6 is 11.6 Å². The molecule has 6 nitrogen and oxygen atoms in total. The molecule has 1 fully saturated rings. The summed E-state index contributed by atoms with van der Waals surface area (Å²) < 4.78 is 5.29. The van der Waals surface area contributed by atoms with Crippen LogP contribution in [0.25, 0.3) is 0 Å². The lowest BCUT2D eigenvalue weighted by Gasteiger charge is -2.13. The van der Waals surface area contributed by atoms with Crippen molar-refractivity contribution in [3.05, 3.63) is 11.2 Å². The van der Waals surface area contributed by atoms with E-state index in [0.717, 1.165) is 19.4 Å². The van der Waals surface area contributed by atoms with Gasteiger partial charge >= 0.3 is 0 Å². The highest BCUT2D eigenvalue weighted by Gasteiger charge is 2.21. The number of rotatable bonds is 5. The van der Waals surface area contributed by atoms with E-state index in [1.54, 1.807) is 4.90 Å². The number of carbonyl (C=O) groups excluding carboxylic acids is 1. The number of anilines is 1. The fraction of sp³-hybridized carbons (Fsp3) is 0.545. The van der Waals surface area contributed by atoms with E-state index in [2.05, 4.69) is 15.3 Å². The van der Waals surface area contributed by atoms with Crippen molar-refractivity contribution in [1.82, 2.24) is 14.9 Å². The molecule has 0 spiro atoms. The second-order valence-electron chi connectivity index (χ2n) is 4.01. The Hall–Kier alpha value is -1.56. The second-order valence-corrected chi connectivity index (χ2v) is 4.42. The summed E-state index contributed by atoms with van der Waals surface area (Å²) in [6.45, 7) is 3.79. The van der Waals surface area contributed by atoms with Gasteiger partial charge in [0.05, 0.1) is 12.8 Å². The zero-order valence-corrected chi connectivity index (χ0v) is 10.9. The minimum Gasteiger partial charge on any atom is -0.477 e. The number of nitrogens with one attached hydrogen (secondary N) is 1. The maximum Gasteiger partial charge on any atom is 0.237 e. The molecule has 2 rings (SSSR count). The van der Waals surface area contributed by atoms with Gasteiger partial charge in [0, 0.05) is 19.1 Å². The maximum atomic E-state index is 10.6. The van der Waals surface area contributed by atoms with E-state index in [9.17, 15) is 4.79 Å². The molecular formula is C11H15ClN4O2. The molecule has 1 saturated heterocycles. The highest BCUT2D eigenvalue weighted by molar-refractivity contribution is 6.31. The zero-order chi connectivity index (χ0) is 13.0. The lowest BCUT2D eigenvalue weighted by molar-refractivity contribution is -0.117. The Bertz CT molecular complexity index is 430. The topological polar surface area (TPSA) is 67.3 Å². The van der Waals surface area contributed by atoms with Gasteiger partial charge in [-0.1, -0.05) is 11.6 Å². The number of ether oxygens (including phenoxy) is 1. The van der Waals surface area contributed by atoms with E-state index in [0.29, 0.717) is 30.0 Å². The number of likely N-dealkylation sites (tertiary alicyclic amines) is 1. The Morgan fingerprint density at radius 2 is 2.56 bits per heavy atom. The van der Waals surface area contributed by atoms with Gasteiger partial charge in [0.15, 0.2) is 0 Å². The first kappa shape index (κ1) is 12.9. The quantitative estimate of drug-likeness (QED) is 0.814. The molecule has 1 N–H and O–H groups in total. The normalized spacial score (nSPS) is 18.8. The van der Waals surface area contributed by atoms with Crippen molar-refractivity contribution in [3.8, 4) is 5.88 Å². The van der Waals surface area contributed by atoms with Gasteiger partial charge in [0.2, 0.25) is 18.2 Å². The molecule has 1 aromatic heterocycles. The number of carbonyl (C=O) groups is 1. The van der Waals surface area contributed by atoms with E-state index in [1.165, 1.54) is 6.20 Å². The molecular weight excluding hydrogens is 256 g/mol. The molecule has 1 atom stereocenters. The third-order valence-electron chi connectivity index (χ3n) is 2.69.